The van der Waals surface area contributed by atoms with E-state index >= 15 is 0 Å². The predicted molar refractivity (Wildman–Crippen MR) is 234 cm³/mol. The molecule has 5 rings (SSSR count). The molecule has 0 spiro atoms. The molecule has 21 nitrogen and oxygen atoms in total. The van der Waals surface area contributed by atoms with Crippen LogP contribution in [0.4, 0.5) is 5.69 Å². The first-order chi connectivity index (χ1) is 30.1. The van der Waals surface area contributed by atoms with Gasteiger partial charge in [0, 0.05) is 65.7 Å². The van der Waals surface area contributed by atoms with E-state index in [4.69, 9.17) is 16.9 Å². The van der Waals surface area contributed by atoms with Gasteiger partial charge in [-0.05, 0) is 55.2 Å². The molecule has 2 aliphatic rings. The highest BCUT2D eigenvalue weighted by atomic mass is 33.1. The number of fused-ring (bicyclic) bond motifs is 2. The van der Waals surface area contributed by atoms with E-state index in [0.29, 0.717) is 23.2 Å². The van der Waals surface area contributed by atoms with E-state index in [-0.39, 0.29) is 56.0 Å². The molecular weight excluding hydrogens is 859 g/mol. The van der Waals surface area contributed by atoms with E-state index in [2.05, 4.69) is 36.9 Å². The second kappa shape index (κ2) is 22.5. The predicted octanol–water partition coefficient (Wildman–Crippen LogP) is -0.795. The lowest BCUT2D eigenvalue weighted by atomic mass is 10.0. The molecule has 3 heterocycles. The summed E-state index contributed by atoms with van der Waals surface area (Å²) in [5.41, 5.74) is 13.3. The number of anilines is 1. The number of hydrogen-bond donors (Lipinski definition) is 11. The minimum Gasteiger partial charge on any atom is -0.481 e. The first kappa shape index (κ1) is 47.4. The SMILES string of the molecule is N=C(N)c1ccc(NC(=O)CC[C@@H]2NC(=O)CCSSCC(C(N)=O)NC(=O)[C@@H]3CCCN3C(=O)[C@H](Cc3c[nH]c4ccccc34)NC(=O)[C@H](CC(=O)O)NC(=O)CNC2=O)cc1. The lowest BCUT2D eigenvalue weighted by molar-refractivity contribution is -0.143. The molecule has 0 radical (unpaired) electrons. The fraction of sp³-hybridized carbons (Fsp3) is 0.400. The summed E-state index contributed by atoms with van der Waals surface area (Å²) in [4.78, 5) is 123. The number of nitrogen functional groups attached to an aromatic ring is 1. The van der Waals surface area contributed by atoms with Gasteiger partial charge in [0.25, 0.3) is 0 Å². The Bertz CT molecular complexity index is 2240. The van der Waals surface area contributed by atoms with Crippen molar-refractivity contribution in [3.8, 4) is 0 Å². The van der Waals surface area contributed by atoms with Crippen molar-refractivity contribution in [2.75, 3.05) is 29.9 Å². The maximum Gasteiger partial charge on any atom is 0.305 e. The molecule has 63 heavy (non-hydrogen) atoms. The van der Waals surface area contributed by atoms with Crippen molar-refractivity contribution >= 4 is 97.2 Å². The van der Waals surface area contributed by atoms with Gasteiger partial charge < -0.3 is 58.4 Å². The van der Waals surface area contributed by atoms with Crippen molar-refractivity contribution in [1.29, 1.82) is 5.41 Å². The maximum atomic E-state index is 14.4. The molecule has 0 aliphatic carbocycles. The average molecular weight is 908 g/mol. The van der Waals surface area contributed by atoms with E-state index in [1.54, 1.807) is 12.3 Å². The van der Waals surface area contributed by atoms with Gasteiger partial charge in [0.1, 0.15) is 36.0 Å². The van der Waals surface area contributed by atoms with Crippen LogP contribution in [0, 0.1) is 5.41 Å². The third kappa shape index (κ3) is 13.7. The first-order valence-electron chi connectivity index (χ1n) is 19.9. The van der Waals surface area contributed by atoms with Gasteiger partial charge in [0.15, 0.2) is 0 Å². The minimum absolute atomic E-state index is 0.0108. The number of carboxylic acids is 1. The number of aromatic amines is 1. The Morgan fingerprint density at radius 2 is 1.59 bits per heavy atom. The van der Waals surface area contributed by atoms with Crippen molar-refractivity contribution in [3.05, 3.63) is 65.9 Å². The van der Waals surface area contributed by atoms with E-state index in [1.807, 2.05) is 18.2 Å². The number of nitrogens with zero attached hydrogens (tertiary/aromatic N) is 1. The Morgan fingerprint density at radius 3 is 2.30 bits per heavy atom. The summed E-state index contributed by atoms with van der Waals surface area (Å²) in [6.45, 7) is -0.638. The van der Waals surface area contributed by atoms with Gasteiger partial charge in [-0.15, -0.1) is 0 Å². The first-order valence-corrected chi connectivity index (χ1v) is 22.4. The Morgan fingerprint density at radius 1 is 0.857 bits per heavy atom. The summed E-state index contributed by atoms with van der Waals surface area (Å²) < 4.78 is 0. The molecule has 5 atom stereocenters. The number of aliphatic carboxylic acids is 1. The number of aromatic nitrogens is 1. The molecule has 23 heteroatoms. The largest absolute Gasteiger partial charge is 0.481 e. The average Bonchev–Trinajstić information content (AvgIpc) is 3.90. The molecule has 0 saturated carbocycles. The van der Waals surface area contributed by atoms with Crippen molar-refractivity contribution in [2.45, 2.75) is 75.2 Å². The van der Waals surface area contributed by atoms with Crippen LogP contribution in [0.3, 0.4) is 0 Å². The Balaban J connectivity index is 1.37. The van der Waals surface area contributed by atoms with Gasteiger partial charge in [-0.3, -0.25) is 48.6 Å². The summed E-state index contributed by atoms with van der Waals surface area (Å²) in [6, 6.07) is 6.73. The van der Waals surface area contributed by atoms with Crippen LogP contribution in [0.15, 0.2) is 54.7 Å². The Kier molecular flexibility index (Phi) is 16.9. The number of hydrogen-bond acceptors (Lipinski definition) is 12. The monoisotopic (exact) mass is 907 g/mol. The molecule has 8 amide bonds. The second-order valence-electron chi connectivity index (χ2n) is 14.8. The van der Waals surface area contributed by atoms with E-state index < -0.39 is 96.4 Å². The lowest BCUT2D eigenvalue weighted by Gasteiger charge is -2.30. The molecule has 2 aliphatic heterocycles. The highest BCUT2D eigenvalue weighted by Gasteiger charge is 2.40. The van der Waals surface area contributed by atoms with Crippen LogP contribution >= 0.6 is 21.6 Å². The molecule has 2 fully saturated rings. The summed E-state index contributed by atoms with van der Waals surface area (Å²) in [6.07, 6.45) is 0.705. The van der Waals surface area contributed by atoms with Gasteiger partial charge in [-0.1, -0.05) is 39.8 Å². The van der Waals surface area contributed by atoms with Gasteiger partial charge in [-0.25, -0.2) is 0 Å². The number of amidine groups is 1. The van der Waals surface area contributed by atoms with Crippen LogP contribution < -0.4 is 43.4 Å². The molecule has 336 valence electrons. The lowest BCUT2D eigenvalue weighted by Crippen LogP contribution is -2.59. The fourth-order valence-corrected chi connectivity index (χ4v) is 9.12. The van der Waals surface area contributed by atoms with Crippen LogP contribution in [0.5, 0.6) is 0 Å². The number of nitrogens with two attached hydrogens (primary N) is 2. The third-order valence-electron chi connectivity index (χ3n) is 10.2. The molecule has 2 saturated heterocycles. The normalized spacial score (nSPS) is 22.4. The zero-order valence-electron chi connectivity index (χ0n) is 33.9. The molecule has 13 N–H and O–H groups in total. The third-order valence-corrected chi connectivity index (χ3v) is 12.6. The minimum atomic E-state index is -1.74. The zero-order valence-corrected chi connectivity index (χ0v) is 35.5. The van der Waals surface area contributed by atoms with Crippen LogP contribution in [0.25, 0.3) is 10.9 Å². The van der Waals surface area contributed by atoms with Crippen LogP contribution in [-0.2, 0) is 49.6 Å². The van der Waals surface area contributed by atoms with E-state index in [1.165, 1.54) is 40.0 Å². The van der Waals surface area contributed by atoms with Crippen molar-refractivity contribution in [3.63, 3.8) is 0 Å². The summed E-state index contributed by atoms with van der Waals surface area (Å²) in [7, 11) is 2.35. The standard InChI is InChI=1S/C40H49N11O10S2/c41-35(42)21-7-9-23(10-8-21)46-31(52)12-11-26-37(58)45-19-33(54)48-27(17-34(55)56)38(59)49-28(16-22-18-44-25-5-2-1-4-24(22)25)40(61)51-14-3-6-30(51)39(60)50-29(36(43)57)20-63-62-15-13-32(53)47-26/h1-2,4-5,7-10,18,26-30,44H,3,6,11-17,19-20H2,(H3,41,42)(H2,43,57)(H,45,58)(H,46,52)(H,47,53)(H,48,54)(H,49,59)(H,50,60)(H,55,56)/t26-,27-,28-,29?,30-/m0/s1. The van der Waals surface area contributed by atoms with Crippen LogP contribution in [0.2, 0.25) is 0 Å². The highest BCUT2D eigenvalue weighted by molar-refractivity contribution is 8.76. The number of H-pyrrole nitrogens is 1. The van der Waals surface area contributed by atoms with Gasteiger partial charge in [-0.2, -0.15) is 0 Å². The molecule has 3 aromatic rings. The summed E-state index contributed by atoms with van der Waals surface area (Å²) in [5.74, 6) is -7.56. The summed E-state index contributed by atoms with van der Waals surface area (Å²) >= 11 is 0. The van der Waals surface area contributed by atoms with Crippen molar-refractivity contribution < 1.29 is 48.3 Å². The Hall–Kier alpha value is -6.62. The number of rotatable bonds is 10. The van der Waals surface area contributed by atoms with Gasteiger partial charge in [0.2, 0.25) is 47.3 Å². The number of amides is 8. The quantitative estimate of drug-likeness (QED) is 0.0676. The molecule has 2 aromatic carbocycles. The Labute approximate surface area is 368 Å². The van der Waals surface area contributed by atoms with Crippen LogP contribution in [0.1, 0.15) is 49.7 Å². The second-order valence-corrected chi connectivity index (χ2v) is 17.4. The number of carboxylic acid groups (broad SMARTS) is 1. The summed E-state index contributed by atoms with van der Waals surface area (Å²) in [5, 5.41) is 33.1. The number of carbonyl (C=O) groups excluding carboxylic acids is 8. The van der Waals surface area contributed by atoms with Gasteiger partial charge >= 0.3 is 5.97 Å². The molecular formula is C40H49N11O10S2. The number of primary amides is 1. The zero-order chi connectivity index (χ0) is 45.6. The van der Waals surface area contributed by atoms with Gasteiger partial charge in [0.05, 0.1) is 13.0 Å². The number of para-hydroxylation sites is 1. The molecule has 1 aromatic heterocycles. The fourth-order valence-electron chi connectivity index (χ4n) is 6.96. The maximum absolute atomic E-state index is 14.4. The van der Waals surface area contributed by atoms with Crippen LogP contribution in [-0.4, -0.2) is 129 Å². The smallest absolute Gasteiger partial charge is 0.305 e. The topological polar surface area (TPSA) is 341 Å². The number of nitrogens with one attached hydrogen (secondary N) is 8. The highest BCUT2D eigenvalue weighted by Crippen LogP contribution is 2.25. The molecule has 0 bridgehead atoms. The van der Waals surface area contributed by atoms with E-state index in [9.17, 15) is 48.3 Å². The van der Waals surface area contributed by atoms with Crippen molar-refractivity contribution in [2.24, 2.45) is 11.5 Å². The number of benzene rings is 2. The molecule has 1 unspecified atom stereocenters. The van der Waals surface area contributed by atoms with Crippen molar-refractivity contribution in [1.82, 2.24) is 36.5 Å². The van der Waals surface area contributed by atoms with E-state index in [0.717, 1.165) is 21.7 Å². The number of carbonyl (C=O) groups is 9.